The first kappa shape index (κ1) is 19.4. The van der Waals surface area contributed by atoms with E-state index in [0.717, 1.165) is 24.3 Å². The van der Waals surface area contributed by atoms with Gasteiger partial charge < -0.3 is 14.0 Å². The molecule has 0 radical (unpaired) electrons. The van der Waals surface area contributed by atoms with Crippen LogP contribution in [0.25, 0.3) is 0 Å². The van der Waals surface area contributed by atoms with Gasteiger partial charge in [0.1, 0.15) is 12.4 Å². The summed E-state index contributed by atoms with van der Waals surface area (Å²) < 4.78 is 18.2. The van der Waals surface area contributed by atoms with Gasteiger partial charge in [-0.15, -0.1) is 0 Å². The first-order valence-corrected chi connectivity index (χ1v) is 9.99. The lowest BCUT2D eigenvalue weighted by atomic mass is 9.79. The van der Waals surface area contributed by atoms with Gasteiger partial charge in [-0.25, -0.2) is 0 Å². The second-order valence-corrected chi connectivity index (χ2v) is 8.66. The quantitative estimate of drug-likeness (QED) is 0.695. The zero-order valence-corrected chi connectivity index (χ0v) is 17.1. The van der Waals surface area contributed by atoms with Gasteiger partial charge in [-0.2, -0.15) is 11.3 Å². The fourth-order valence-corrected chi connectivity index (χ4v) is 3.48. The molecule has 0 atom stereocenters. The summed E-state index contributed by atoms with van der Waals surface area (Å²) in [5, 5.41) is 4.30. The van der Waals surface area contributed by atoms with Gasteiger partial charge in [0.15, 0.2) is 0 Å². The van der Waals surface area contributed by atoms with Crippen molar-refractivity contribution in [3.63, 3.8) is 0 Å². The maximum absolute atomic E-state index is 6.12. The van der Waals surface area contributed by atoms with Crippen LogP contribution in [0, 0.1) is 0 Å². The topological polar surface area (TPSA) is 30.9 Å². The summed E-state index contributed by atoms with van der Waals surface area (Å²) in [7, 11) is 1.76. The minimum Gasteiger partial charge on any atom is -0.492 e. The van der Waals surface area contributed by atoms with E-state index in [4.69, 9.17) is 14.0 Å². The molecule has 0 saturated carbocycles. The van der Waals surface area contributed by atoms with Crippen molar-refractivity contribution in [3.05, 3.63) is 46.7 Å². The molecule has 1 saturated heterocycles. The lowest BCUT2D eigenvalue weighted by Crippen LogP contribution is -2.41. The Labute approximate surface area is 161 Å². The summed E-state index contributed by atoms with van der Waals surface area (Å²) in [5.41, 5.74) is 1.67. The standard InChI is InChI=1S/C20H28BNO3S/c1-19(2)20(3,4)25-21(24-19)17-7-6-8-18(13-17)23-11-10-22(5)14-16-9-12-26-15-16/h6-9,12-13,15H,10-11,14H2,1-5H3. The number of rotatable bonds is 7. The Bertz CT molecular complexity index is 702. The number of hydrogen-bond donors (Lipinski definition) is 0. The Morgan fingerprint density at radius 3 is 2.50 bits per heavy atom. The molecule has 1 aromatic carbocycles. The number of likely N-dealkylation sites (N-methyl/N-ethyl adjacent to an activating group) is 1. The molecule has 1 aliphatic heterocycles. The number of hydrogen-bond acceptors (Lipinski definition) is 5. The zero-order chi connectivity index (χ0) is 18.8. The third-order valence-electron chi connectivity index (χ3n) is 5.16. The zero-order valence-electron chi connectivity index (χ0n) is 16.3. The van der Waals surface area contributed by atoms with E-state index in [1.54, 1.807) is 11.3 Å². The molecule has 2 heterocycles. The molecule has 1 fully saturated rings. The average molecular weight is 373 g/mol. The summed E-state index contributed by atoms with van der Waals surface area (Å²) in [6.07, 6.45) is 0. The van der Waals surface area contributed by atoms with Crippen LogP contribution in [0.4, 0.5) is 0 Å². The van der Waals surface area contributed by atoms with Gasteiger partial charge in [-0.05, 0) is 74.7 Å². The SMILES string of the molecule is CN(CCOc1cccc(B2OC(C)(C)C(C)(C)O2)c1)Cc1ccsc1. The first-order chi connectivity index (χ1) is 12.3. The molecule has 1 aliphatic rings. The summed E-state index contributed by atoms with van der Waals surface area (Å²) in [5.74, 6) is 0.848. The summed E-state index contributed by atoms with van der Waals surface area (Å²) in [4.78, 5) is 2.26. The lowest BCUT2D eigenvalue weighted by molar-refractivity contribution is 0.00578. The number of ether oxygens (including phenoxy) is 1. The van der Waals surface area contributed by atoms with Crippen molar-refractivity contribution in [2.24, 2.45) is 0 Å². The van der Waals surface area contributed by atoms with Crippen LogP contribution in [0.3, 0.4) is 0 Å². The van der Waals surface area contributed by atoms with E-state index >= 15 is 0 Å². The lowest BCUT2D eigenvalue weighted by Gasteiger charge is -2.32. The van der Waals surface area contributed by atoms with Crippen LogP contribution in [0.2, 0.25) is 0 Å². The van der Waals surface area contributed by atoms with Gasteiger partial charge in [-0.1, -0.05) is 12.1 Å². The van der Waals surface area contributed by atoms with Crippen LogP contribution in [0.5, 0.6) is 5.75 Å². The first-order valence-electron chi connectivity index (χ1n) is 9.05. The van der Waals surface area contributed by atoms with Crippen LogP contribution < -0.4 is 10.2 Å². The second-order valence-electron chi connectivity index (χ2n) is 7.88. The Kier molecular flexibility index (Phi) is 5.77. The van der Waals surface area contributed by atoms with Crippen LogP contribution in [-0.4, -0.2) is 43.4 Å². The highest BCUT2D eigenvalue weighted by atomic mass is 32.1. The molecule has 6 heteroatoms. The highest BCUT2D eigenvalue weighted by Gasteiger charge is 2.51. The predicted molar refractivity (Wildman–Crippen MR) is 108 cm³/mol. The average Bonchev–Trinajstić information content (AvgIpc) is 3.14. The van der Waals surface area contributed by atoms with Gasteiger partial charge in [0.05, 0.1) is 11.2 Å². The molecule has 0 aliphatic carbocycles. The van der Waals surface area contributed by atoms with Crippen molar-refractivity contribution < 1.29 is 14.0 Å². The molecule has 3 rings (SSSR count). The monoisotopic (exact) mass is 373 g/mol. The van der Waals surface area contributed by atoms with Gasteiger partial charge in [0.25, 0.3) is 0 Å². The Morgan fingerprint density at radius 2 is 1.85 bits per heavy atom. The van der Waals surface area contributed by atoms with E-state index in [9.17, 15) is 0 Å². The van der Waals surface area contributed by atoms with E-state index < -0.39 is 0 Å². The number of benzene rings is 1. The molecule has 26 heavy (non-hydrogen) atoms. The maximum atomic E-state index is 6.12. The number of thiophene rings is 1. The van der Waals surface area contributed by atoms with Crippen molar-refractivity contribution in [2.45, 2.75) is 45.4 Å². The van der Waals surface area contributed by atoms with E-state index in [2.05, 4.69) is 56.5 Å². The minimum atomic E-state index is -0.357. The maximum Gasteiger partial charge on any atom is 0.494 e. The molecular weight excluding hydrogens is 345 g/mol. The summed E-state index contributed by atoms with van der Waals surface area (Å²) >= 11 is 1.73. The molecule has 0 N–H and O–H groups in total. The molecular formula is C20H28BNO3S. The molecule has 1 aromatic heterocycles. The molecule has 0 spiro atoms. The molecule has 0 unspecified atom stereocenters. The van der Waals surface area contributed by atoms with Crippen LogP contribution in [-0.2, 0) is 15.9 Å². The van der Waals surface area contributed by atoms with Gasteiger partial charge in [0, 0.05) is 13.1 Å². The Hall–Kier alpha value is -1.34. The van der Waals surface area contributed by atoms with Crippen molar-refractivity contribution in [1.29, 1.82) is 0 Å². The molecule has 2 aromatic rings. The smallest absolute Gasteiger partial charge is 0.492 e. The fourth-order valence-electron chi connectivity index (χ4n) is 2.82. The predicted octanol–water partition coefficient (Wildman–Crippen LogP) is 3.56. The van der Waals surface area contributed by atoms with Crippen molar-refractivity contribution in [2.75, 3.05) is 20.2 Å². The van der Waals surface area contributed by atoms with E-state index in [-0.39, 0.29) is 18.3 Å². The van der Waals surface area contributed by atoms with E-state index in [0.29, 0.717) is 6.61 Å². The van der Waals surface area contributed by atoms with Crippen molar-refractivity contribution >= 4 is 23.9 Å². The van der Waals surface area contributed by atoms with Crippen molar-refractivity contribution in [3.8, 4) is 5.75 Å². The third-order valence-corrected chi connectivity index (χ3v) is 5.89. The fraction of sp³-hybridized carbons (Fsp3) is 0.500. The number of nitrogens with zero attached hydrogens (tertiary/aromatic N) is 1. The largest absolute Gasteiger partial charge is 0.494 e. The van der Waals surface area contributed by atoms with Gasteiger partial charge in [-0.3, -0.25) is 4.90 Å². The van der Waals surface area contributed by atoms with Crippen LogP contribution in [0.1, 0.15) is 33.3 Å². The molecule has 0 amide bonds. The molecule has 0 bridgehead atoms. The highest BCUT2D eigenvalue weighted by molar-refractivity contribution is 7.07. The van der Waals surface area contributed by atoms with Gasteiger partial charge in [0.2, 0.25) is 0 Å². The Balaban J connectivity index is 1.53. The van der Waals surface area contributed by atoms with Crippen LogP contribution >= 0.6 is 11.3 Å². The summed E-state index contributed by atoms with van der Waals surface area (Å²) in [6.45, 7) is 10.7. The van der Waals surface area contributed by atoms with Crippen molar-refractivity contribution in [1.82, 2.24) is 4.90 Å². The van der Waals surface area contributed by atoms with Crippen LogP contribution in [0.15, 0.2) is 41.1 Å². The minimum absolute atomic E-state index is 0.334. The van der Waals surface area contributed by atoms with E-state index in [1.165, 1.54) is 5.56 Å². The highest BCUT2D eigenvalue weighted by Crippen LogP contribution is 2.36. The summed E-state index contributed by atoms with van der Waals surface area (Å²) in [6, 6.07) is 10.2. The normalized spacial score (nSPS) is 18.5. The third kappa shape index (κ3) is 4.49. The van der Waals surface area contributed by atoms with E-state index in [1.807, 2.05) is 24.3 Å². The molecule has 4 nitrogen and oxygen atoms in total. The Morgan fingerprint density at radius 1 is 1.12 bits per heavy atom. The molecule has 140 valence electrons. The second kappa shape index (κ2) is 7.73. The van der Waals surface area contributed by atoms with Gasteiger partial charge >= 0.3 is 7.12 Å².